The van der Waals surface area contributed by atoms with Crippen LogP contribution in [0.1, 0.15) is 42.0 Å². The fourth-order valence-electron chi connectivity index (χ4n) is 2.42. The van der Waals surface area contributed by atoms with Crippen LogP contribution in [0.2, 0.25) is 0 Å². The minimum atomic E-state index is -0.618. The second-order valence-corrected chi connectivity index (χ2v) is 5.58. The number of allylic oxidation sites excluding steroid dienone is 1. The Labute approximate surface area is 140 Å². The lowest BCUT2D eigenvalue weighted by Gasteiger charge is -2.07. The average Bonchev–Trinajstić information content (AvgIpc) is 2.54. The highest BCUT2D eigenvalue weighted by molar-refractivity contribution is 5.50. The van der Waals surface area contributed by atoms with Crippen LogP contribution < -0.4 is 0 Å². The van der Waals surface area contributed by atoms with Gasteiger partial charge in [-0.2, -0.15) is 5.26 Å². The summed E-state index contributed by atoms with van der Waals surface area (Å²) < 4.78 is 41.8. The Balaban J connectivity index is 2.13. The van der Waals surface area contributed by atoms with E-state index in [0.29, 0.717) is 17.5 Å². The van der Waals surface area contributed by atoms with E-state index in [4.69, 9.17) is 5.26 Å². The van der Waals surface area contributed by atoms with Crippen molar-refractivity contribution < 1.29 is 13.2 Å². The van der Waals surface area contributed by atoms with Gasteiger partial charge in [0.05, 0.1) is 5.56 Å². The molecule has 0 N–H and O–H groups in total. The van der Waals surface area contributed by atoms with Crippen molar-refractivity contribution in [1.82, 2.24) is 0 Å². The normalized spacial score (nSPS) is 11.0. The van der Waals surface area contributed by atoms with Gasteiger partial charge in [0.2, 0.25) is 0 Å². The van der Waals surface area contributed by atoms with Crippen molar-refractivity contribution >= 4 is 6.08 Å². The number of benzene rings is 2. The van der Waals surface area contributed by atoms with Crippen molar-refractivity contribution in [1.29, 1.82) is 5.26 Å². The van der Waals surface area contributed by atoms with Crippen molar-refractivity contribution in [3.63, 3.8) is 0 Å². The van der Waals surface area contributed by atoms with Gasteiger partial charge in [0, 0.05) is 5.56 Å². The quantitative estimate of drug-likeness (QED) is 0.679. The molecule has 0 fully saturated rings. The van der Waals surface area contributed by atoms with Crippen LogP contribution in [0.3, 0.4) is 0 Å². The molecular formula is C20H18F3N. The molecule has 4 heteroatoms. The number of halogens is 3. The Kier molecular flexibility index (Phi) is 6.20. The molecule has 2 aromatic carbocycles. The monoisotopic (exact) mass is 329 g/mol. The zero-order valence-corrected chi connectivity index (χ0v) is 13.5. The SMILES string of the molecule is CCC/C=C/c1cc(F)c(CCc2ccc(C#N)c(F)c2)c(F)c1. The lowest BCUT2D eigenvalue weighted by atomic mass is 10.0. The summed E-state index contributed by atoms with van der Waals surface area (Å²) in [6, 6.07) is 8.56. The molecule has 0 aromatic heterocycles. The molecule has 0 saturated carbocycles. The third-order valence-electron chi connectivity index (χ3n) is 3.75. The van der Waals surface area contributed by atoms with E-state index in [1.807, 2.05) is 13.0 Å². The van der Waals surface area contributed by atoms with Gasteiger partial charge in [-0.3, -0.25) is 0 Å². The van der Waals surface area contributed by atoms with Crippen molar-refractivity contribution in [3.8, 4) is 6.07 Å². The van der Waals surface area contributed by atoms with Gasteiger partial charge in [0.25, 0.3) is 0 Å². The number of hydrogen-bond acceptors (Lipinski definition) is 1. The van der Waals surface area contributed by atoms with E-state index in [2.05, 4.69) is 0 Å². The first kappa shape index (κ1) is 17.8. The lowest BCUT2D eigenvalue weighted by Crippen LogP contribution is -2.00. The standard InChI is InChI=1S/C20H18F3N/c1-2-3-4-5-15-11-19(22)17(20(23)12-15)9-7-14-6-8-16(13-24)18(21)10-14/h4-6,8,10-12H,2-3,7,9H2,1H3/b5-4+. The predicted molar refractivity (Wildman–Crippen MR) is 88.8 cm³/mol. The molecule has 0 radical (unpaired) electrons. The molecule has 2 aromatic rings. The van der Waals surface area contributed by atoms with Crippen LogP contribution in [0.15, 0.2) is 36.4 Å². The number of rotatable bonds is 6. The van der Waals surface area contributed by atoms with E-state index in [9.17, 15) is 13.2 Å². The maximum atomic E-state index is 14.1. The molecule has 0 aliphatic heterocycles. The zero-order valence-electron chi connectivity index (χ0n) is 13.5. The van der Waals surface area contributed by atoms with E-state index >= 15 is 0 Å². The molecule has 0 spiro atoms. The van der Waals surface area contributed by atoms with Crippen LogP contribution in [0.25, 0.3) is 6.08 Å². The Hall–Kier alpha value is -2.54. The van der Waals surface area contributed by atoms with Crippen molar-refractivity contribution in [2.75, 3.05) is 0 Å². The molecule has 0 amide bonds. The first-order valence-corrected chi connectivity index (χ1v) is 7.88. The highest BCUT2D eigenvalue weighted by Gasteiger charge is 2.11. The predicted octanol–water partition coefficient (Wildman–Crippen LogP) is 5.57. The summed E-state index contributed by atoms with van der Waals surface area (Å²) in [5, 5.41) is 8.70. The van der Waals surface area contributed by atoms with Crippen LogP contribution in [-0.4, -0.2) is 0 Å². The first-order valence-electron chi connectivity index (χ1n) is 7.88. The molecule has 0 bridgehead atoms. The largest absolute Gasteiger partial charge is 0.207 e. The van der Waals surface area contributed by atoms with E-state index in [0.717, 1.165) is 12.8 Å². The minimum Gasteiger partial charge on any atom is -0.207 e. The molecule has 0 aliphatic rings. The second kappa shape index (κ2) is 8.35. The van der Waals surface area contributed by atoms with Gasteiger partial charge in [-0.05, 0) is 54.7 Å². The maximum Gasteiger partial charge on any atom is 0.141 e. The molecule has 24 heavy (non-hydrogen) atoms. The Morgan fingerprint density at radius 2 is 1.71 bits per heavy atom. The molecule has 0 aliphatic carbocycles. The molecule has 1 nitrogen and oxygen atoms in total. The van der Waals surface area contributed by atoms with Gasteiger partial charge < -0.3 is 0 Å². The molecule has 0 atom stereocenters. The Morgan fingerprint density at radius 1 is 1.00 bits per heavy atom. The minimum absolute atomic E-state index is 0.00703. The Bertz CT molecular complexity index is 765. The summed E-state index contributed by atoms with van der Waals surface area (Å²) in [5.41, 5.74) is 1.04. The van der Waals surface area contributed by atoms with Crippen LogP contribution >= 0.6 is 0 Å². The highest BCUT2D eigenvalue weighted by Crippen LogP contribution is 2.20. The van der Waals surface area contributed by atoms with Gasteiger partial charge in [0.15, 0.2) is 0 Å². The number of hydrogen-bond donors (Lipinski definition) is 0. The first-order chi connectivity index (χ1) is 11.5. The molecule has 124 valence electrons. The third kappa shape index (κ3) is 4.48. The average molecular weight is 329 g/mol. The van der Waals surface area contributed by atoms with Crippen LogP contribution in [0.5, 0.6) is 0 Å². The van der Waals surface area contributed by atoms with E-state index in [1.54, 1.807) is 18.2 Å². The van der Waals surface area contributed by atoms with Crippen molar-refractivity contribution in [2.45, 2.75) is 32.6 Å². The number of unbranched alkanes of at least 4 members (excludes halogenated alkanes) is 1. The molecular weight excluding hydrogens is 311 g/mol. The smallest absolute Gasteiger partial charge is 0.141 e. The van der Waals surface area contributed by atoms with Crippen LogP contribution in [-0.2, 0) is 12.8 Å². The fourth-order valence-corrected chi connectivity index (χ4v) is 2.42. The van der Waals surface area contributed by atoms with Gasteiger partial charge in [-0.25, -0.2) is 13.2 Å². The van der Waals surface area contributed by atoms with Crippen molar-refractivity contribution in [2.24, 2.45) is 0 Å². The van der Waals surface area contributed by atoms with Crippen LogP contribution in [0, 0.1) is 28.8 Å². The van der Waals surface area contributed by atoms with Gasteiger partial charge in [-0.1, -0.05) is 31.6 Å². The molecule has 0 heterocycles. The van der Waals surface area contributed by atoms with Crippen molar-refractivity contribution in [3.05, 3.63) is 76.1 Å². The van der Waals surface area contributed by atoms with Gasteiger partial charge in [-0.15, -0.1) is 0 Å². The number of nitrogens with zero attached hydrogens (tertiary/aromatic N) is 1. The number of aryl methyl sites for hydroxylation is 1. The second-order valence-electron chi connectivity index (χ2n) is 5.58. The summed E-state index contributed by atoms with van der Waals surface area (Å²) in [7, 11) is 0. The summed E-state index contributed by atoms with van der Waals surface area (Å²) in [6.07, 6.45) is 5.84. The summed E-state index contributed by atoms with van der Waals surface area (Å²) >= 11 is 0. The molecule has 2 rings (SSSR count). The highest BCUT2D eigenvalue weighted by atomic mass is 19.1. The van der Waals surface area contributed by atoms with Crippen LogP contribution in [0.4, 0.5) is 13.2 Å². The van der Waals surface area contributed by atoms with E-state index in [-0.39, 0.29) is 17.5 Å². The van der Waals surface area contributed by atoms with Gasteiger partial charge >= 0.3 is 0 Å². The molecule has 0 unspecified atom stereocenters. The maximum absolute atomic E-state index is 14.1. The summed E-state index contributed by atoms with van der Waals surface area (Å²) in [4.78, 5) is 0. The lowest BCUT2D eigenvalue weighted by molar-refractivity contribution is 0.553. The van der Waals surface area contributed by atoms with E-state index < -0.39 is 17.5 Å². The number of nitriles is 1. The summed E-state index contributed by atoms with van der Waals surface area (Å²) in [5.74, 6) is -1.81. The molecule has 0 saturated heterocycles. The summed E-state index contributed by atoms with van der Waals surface area (Å²) in [6.45, 7) is 2.03. The fraction of sp³-hybridized carbons (Fsp3) is 0.250. The zero-order chi connectivity index (χ0) is 17.5. The van der Waals surface area contributed by atoms with E-state index in [1.165, 1.54) is 24.3 Å². The topological polar surface area (TPSA) is 23.8 Å². The third-order valence-corrected chi connectivity index (χ3v) is 3.75. The Morgan fingerprint density at radius 3 is 2.29 bits per heavy atom. The van der Waals surface area contributed by atoms with Gasteiger partial charge in [0.1, 0.15) is 23.5 Å².